The Morgan fingerprint density at radius 2 is 1.28 bits per heavy atom. The molecule has 0 unspecified atom stereocenters. The topological polar surface area (TPSA) is 40.5 Å². The molecule has 2 aromatic carbocycles. The van der Waals surface area contributed by atoms with Crippen LogP contribution >= 0.6 is 0 Å². The zero-order valence-corrected chi connectivity index (χ0v) is 9.07. The second-order valence-electron chi connectivity index (χ2n) is 3.73. The fraction of sp³-hybridized carbons (Fsp3) is 0. The van der Waals surface area contributed by atoms with E-state index in [1.54, 1.807) is 0 Å². The summed E-state index contributed by atoms with van der Waals surface area (Å²) in [4.78, 5) is 0. The molecule has 6 heteroatoms. The van der Waals surface area contributed by atoms with E-state index in [9.17, 15) is 13.2 Å². The molecule has 0 aliphatic carbocycles. The van der Waals surface area contributed by atoms with Crippen LogP contribution in [0.4, 0.5) is 13.2 Å². The lowest BCUT2D eigenvalue weighted by atomic mass is 9.78. The van der Waals surface area contributed by atoms with E-state index in [1.165, 1.54) is 24.3 Å². The molecule has 0 aliphatic rings. The Kier molecular flexibility index (Phi) is 3.40. The van der Waals surface area contributed by atoms with E-state index in [2.05, 4.69) is 0 Å². The zero-order chi connectivity index (χ0) is 13.3. The first-order chi connectivity index (χ1) is 8.49. The van der Waals surface area contributed by atoms with E-state index in [0.717, 1.165) is 12.1 Å². The summed E-state index contributed by atoms with van der Waals surface area (Å²) in [5, 5.41) is 17.6. The van der Waals surface area contributed by atoms with E-state index in [0.29, 0.717) is 5.56 Å². The predicted molar refractivity (Wildman–Crippen MR) is 61.6 cm³/mol. The third-order valence-electron chi connectivity index (χ3n) is 2.51. The molecular formula is C12H8BF3O2. The van der Waals surface area contributed by atoms with Gasteiger partial charge in [-0.2, -0.15) is 0 Å². The highest BCUT2D eigenvalue weighted by molar-refractivity contribution is 6.58. The van der Waals surface area contributed by atoms with Crippen molar-refractivity contribution in [2.45, 2.75) is 0 Å². The van der Waals surface area contributed by atoms with Crippen molar-refractivity contribution in [3.8, 4) is 11.1 Å². The molecule has 18 heavy (non-hydrogen) atoms. The van der Waals surface area contributed by atoms with Crippen molar-refractivity contribution in [1.82, 2.24) is 0 Å². The van der Waals surface area contributed by atoms with Crippen molar-refractivity contribution in [3.05, 3.63) is 53.8 Å². The molecule has 92 valence electrons. The van der Waals surface area contributed by atoms with Crippen molar-refractivity contribution in [1.29, 1.82) is 0 Å². The van der Waals surface area contributed by atoms with E-state index in [4.69, 9.17) is 10.0 Å². The van der Waals surface area contributed by atoms with Crippen LogP contribution in [0.1, 0.15) is 0 Å². The van der Waals surface area contributed by atoms with Gasteiger partial charge in [0, 0.05) is 0 Å². The minimum absolute atomic E-state index is 0.189. The highest BCUT2D eigenvalue weighted by Gasteiger charge is 2.22. The van der Waals surface area contributed by atoms with Crippen LogP contribution in [-0.2, 0) is 0 Å². The predicted octanol–water partition coefficient (Wildman–Crippen LogP) is 1.45. The van der Waals surface area contributed by atoms with Crippen molar-refractivity contribution in [2.24, 2.45) is 0 Å². The monoisotopic (exact) mass is 252 g/mol. The highest BCUT2D eigenvalue weighted by atomic mass is 19.1. The Bertz CT molecular complexity index is 547. The average Bonchev–Trinajstić information content (AvgIpc) is 2.28. The molecule has 0 aromatic heterocycles. The molecule has 0 bridgehead atoms. The lowest BCUT2D eigenvalue weighted by molar-refractivity contribution is 0.419. The average molecular weight is 252 g/mol. The first kappa shape index (κ1) is 12.7. The van der Waals surface area contributed by atoms with Gasteiger partial charge in [0.2, 0.25) is 0 Å². The molecule has 2 aromatic rings. The Hall–Kier alpha value is -1.79. The molecule has 0 atom stereocenters. The van der Waals surface area contributed by atoms with E-state index < -0.39 is 30.0 Å². The molecule has 2 N–H and O–H groups in total. The maximum Gasteiger partial charge on any atom is 0.494 e. The second-order valence-corrected chi connectivity index (χ2v) is 3.73. The van der Waals surface area contributed by atoms with Crippen molar-refractivity contribution in [2.75, 3.05) is 0 Å². The summed E-state index contributed by atoms with van der Waals surface area (Å²) in [5.74, 6) is -2.59. The number of hydrogen-bond donors (Lipinski definition) is 2. The molecule has 0 spiro atoms. The van der Waals surface area contributed by atoms with Gasteiger partial charge in [0.05, 0.1) is 5.46 Å². The Labute approximate surface area is 101 Å². The van der Waals surface area contributed by atoms with Crippen LogP contribution in [0.3, 0.4) is 0 Å². The first-order valence-electron chi connectivity index (χ1n) is 5.10. The van der Waals surface area contributed by atoms with Crippen molar-refractivity contribution in [3.63, 3.8) is 0 Å². The van der Waals surface area contributed by atoms with E-state index >= 15 is 0 Å². The maximum absolute atomic E-state index is 13.5. The van der Waals surface area contributed by atoms with Gasteiger partial charge in [-0.15, -0.1) is 0 Å². The summed E-state index contributed by atoms with van der Waals surface area (Å²) in [6.45, 7) is 0. The summed E-state index contributed by atoms with van der Waals surface area (Å²) in [6.07, 6.45) is 0. The minimum atomic E-state index is -2.22. The third kappa shape index (κ3) is 2.39. The SMILES string of the molecule is OB(O)c1c(F)cc(-c2ccc(F)cc2)cc1F. The van der Waals surface area contributed by atoms with Crippen molar-refractivity contribution >= 4 is 12.6 Å². The van der Waals surface area contributed by atoms with Gasteiger partial charge in [-0.25, -0.2) is 13.2 Å². The summed E-state index contributed by atoms with van der Waals surface area (Å²) in [6, 6.07) is 7.01. The molecule has 0 amide bonds. The Morgan fingerprint density at radius 3 is 1.72 bits per heavy atom. The van der Waals surface area contributed by atoms with Crippen LogP contribution in [0, 0.1) is 17.5 Å². The first-order valence-corrected chi connectivity index (χ1v) is 5.10. The van der Waals surface area contributed by atoms with Gasteiger partial charge in [-0.3, -0.25) is 0 Å². The Morgan fingerprint density at radius 1 is 0.778 bits per heavy atom. The summed E-state index contributed by atoms with van der Waals surface area (Å²) in [5.41, 5.74) is -0.191. The summed E-state index contributed by atoms with van der Waals surface area (Å²) in [7, 11) is -2.22. The zero-order valence-electron chi connectivity index (χ0n) is 9.07. The lowest BCUT2D eigenvalue weighted by Crippen LogP contribution is -2.35. The van der Waals surface area contributed by atoms with E-state index in [-0.39, 0.29) is 5.56 Å². The fourth-order valence-electron chi connectivity index (χ4n) is 1.64. The Balaban J connectivity index is 2.51. The molecule has 0 saturated carbocycles. The summed E-state index contributed by atoms with van der Waals surface area (Å²) < 4.78 is 39.7. The number of halogens is 3. The standard InChI is InChI=1S/C12H8BF3O2/c14-9-3-1-7(2-4-9)8-5-10(15)12(13(17)18)11(16)6-8/h1-6,17-18H. The van der Waals surface area contributed by atoms with Gasteiger partial charge < -0.3 is 10.0 Å². The molecule has 2 rings (SSSR count). The van der Waals surface area contributed by atoms with Gasteiger partial charge >= 0.3 is 7.12 Å². The molecule has 2 nitrogen and oxygen atoms in total. The smallest absolute Gasteiger partial charge is 0.423 e. The number of rotatable bonds is 2. The molecule has 0 fully saturated rings. The normalized spacial score (nSPS) is 10.5. The quantitative estimate of drug-likeness (QED) is 0.794. The number of benzene rings is 2. The fourth-order valence-corrected chi connectivity index (χ4v) is 1.64. The molecule has 0 heterocycles. The molecule has 0 aliphatic heterocycles. The van der Waals surface area contributed by atoms with Crippen molar-refractivity contribution < 1.29 is 23.2 Å². The van der Waals surface area contributed by atoms with Crippen LogP contribution in [0.25, 0.3) is 11.1 Å². The van der Waals surface area contributed by atoms with Crippen LogP contribution in [-0.4, -0.2) is 17.2 Å². The van der Waals surface area contributed by atoms with Crippen LogP contribution in [0.5, 0.6) is 0 Å². The number of hydrogen-bond acceptors (Lipinski definition) is 2. The molecular weight excluding hydrogens is 244 g/mol. The largest absolute Gasteiger partial charge is 0.494 e. The van der Waals surface area contributed by atoms with Gasteiger partial charge in [-0.1, -0.05) is 12.1 Å². The van der Waals surface area contributed by atoms with Gasteiger partial charge in [0.1, 0.15) is 17.5 Å². The molecule has 0 radical (unpaired) electrons. The van der Waals surface area contributed by atoms with Gasteiger partial charge in [0.25, 0.3) is 0 Å². The highest BCUT2D eigenvalue weighted by Crippen LogP contribution is 2.21. The lowest BCUT2D eigenvalue weighted by Gasteiger charge is -2.07. The third-order valence-corrected chi connectivity index (χ3v) is 2.51. The van der Waals surface area contributed by atoms with Gasteiger partial charge in [0.15, 0.2) is 0 Å². The second kappa shape index (κ2) is 4.84. The maximum atomic E-state index is 13.5. The van der Waals surface area contributed by atoms with Crippen LogP contribution < -0.4 is 5.46 Å². The minimum Gasteiger partial charge on any atom is -0.423 e. The van der Waals surface area contributed by atoms with Crippen LogP contribution in [0.15, 0.2) is 36.4 Å². The van der Waals surface area contributed by atoms with E-state index in [1.807, 2.05) is 0 Å². The summed E-state index contributed by atoms with van der Waals surface area (Å²) >= 11 is 0. The molecule has 0 saturated heterocycles. The van der Waals surface area contributed by atoms with Gasteiger partial charge in [-0.05, 0) is 35.4 Å². The van der Waals surface area contributed by atoms with Crippen LogP contribution in [0.2, 0.25) is 0 Å².